The third kappa shape index (κ3) is 2.09. The van der Waals surface area contributed by atoms with E-state index < -0.39 is 0 Å². The number of rotatable bonds is 1. The molecule has 0 bridgehead atoms. The Bertz CT molecular complexity index is 713. The Balaban J connectivity index is 1.93. The van der Waals surface area contributed by atoms with Crippen molar-refractivity contribution in [2.45, 2.75) is 6.54 Å². The SMILES string of the molecule is C(#Cc1cccc2ncccc12)Cn1ccnc1. The van der Waals surface area contributed by atoms with Crippen LogP contribution in [0.4, 0.5) is 0 Å². The van der Waals surface area contributed by atoms with Gasteiger partial charge in [0.15, 0.2) is 0 Å². The molecule has 0 radical (unpaired) electrons. The first-order chi connectivity index (χ1) is 8.93. The number of benzene rings is 1. The second-order valence-corrected chi connectivity index (χ2v) is 3.91. The highest BCUT2D eigenvalue weighted by Crippen LogP contribution is 2.14. The first-order valence-corrected chi connectivity index (χ1v) is 5.72. The molecular formula is C15H11N3. The molecule has 2 heterocycles. The highest BCUT2D eigenvalue weighted by Gasteiger charge is 1.96. The number of imidazole rings is 1. The highest BCUT2D eigenvalue weighted by molar-refractivity contribution is 5.84. The van der Waals surface area contributed by atoms with E-state index in [9.17, 15) is 0 Å². The minimum Gasteiger partial charge on any atom is -0.326 e. The maximum atomic E-state index is 4.32. The van der Waals surface area contributed by atoms with Gasteiger partial charge in [-0.15, -0.1) is 0 Å². The van der Waals surface area contributed by atoms with Gasteiger partial charge in [0.1, 0.15) is 0 Å². The molecule has 3 rings (SSSR count). The summed E-state index contributed by atoms with van der Waals surface area (Å²) in [6.45, 7) is 0.649. The van der Waals surface area contributed by atoms with E-state index in [2.05, 4.69) is 21.8 Å². The van der Waals surface area contributed by atoms with Crippen LogP contribution >= 0.6 is 0 Å². The summed E-state index contributed by atoms with van der Waals surface area (Å²) >= 11 is 0. The molecule has 0 unspecified atom stereocenters. The third-order valence-corrected chi connectivity index (χ3v) is 2.69. The topological polar surface area (TPSA) is 30.7 Å². The predicted octanol–water partition coefficient (Wildman–Crippen LogP) is 2.48. The van der Waals surface area contributed by atoms with Crippen molar-refractivity contribution in [1.29, 1.82) is 0 Å². The average Bonchev–Trinajstić information content (AvgIpc) is 2.92. The number of nitrogens with zero attached hydrogens (tertiary/aromatic N) is 3. The zero-order valence-electron chi connectivity index (χ0n) is 9.74. The molecule has 3 nitrogen and oxygen atoms in total. The maximum absolute atomic E-state index is 4.32. The third-order valence-electron chi connectivity index (χ3n) is 2.69. The molecule has 0 saturated carbocycles. The van der Waals surface area contributed by atoms with Crippen LogP contribution < -0.4 is 0 Å². The zero-order chi connectivity index (χ0) is 12.2. The maximum Gasteiger partial charge on any atom is 0.0954 e. The molecule has 3 aromatic rings. The second-order valence-electron chi connectivity index (χ2n) is 3.91. The van der Waals surface area contributed by atoms with Crippen LogP contribution in [-0.2, 0) is 6.54 Å². The molecule has 0 spiro atoms. The Morgan fingerprint density at radius 3 is 3.00 bits per heavy atom. The lowest BCUT2D eigenvalue weighted by Crippen LogP contribution is -1.90. The van der Waals surface area contributed by atoms with Gasteiger partial charge in [-0.2, -0.15) is 0 Å². The Morgan fingerprint density at radius 1 is 1.11 bits per heavy atom. The van der Waals surface area contributed by atoms with Gasteiger partial charge in [0.25, 0.3) is 0 Å². The monoisotopic (exact) mass is 233 g/mol. The van der Waals surface area contributed by atoms with Crippen LogP contribution in [0.25, 0.3) is 10.9 Å². The van der Waals surface area contributed by atoms with Gasteiger partial charge in [0.2, 0.25) is 0 Å². The van der Waals surface area contributed by atoms with Gasteiger partial charge in [0, 0.05) is 29.5 Å². The summed E-state index contributed by atoms with van der Waals surface area (Å²) in [4.78, 5) is 8.30. The van der Waals surface area contributed by atoms with Crippen molar-refractivity contribution >= 4 is 10.9 Å². The smallest absolute Gasteiger partial charge is 0.0954 e. The van der Waals surface area contributed by atoms with Crippen molar-refractivity contribution in [2.75, 3.05) is 0 Å². The number of fused-ring (bicyclic) bond motifs is 1. The van der Waals surface area contributed by atoms with Crippen molar-refractivity contribution in [3.63, 3.8) is 0 Å². The van der Waals surface area contributed by atoms with E-state index in [0.29, 0.717) is 6.54 Å². The Labute approximate surface area is 105 Å². The van der Waals surface area contributed by atoms with Gasteiger partial charge < -0.3 is 4.57 Å². The molecule has 3 heteroatoms. The molecule has 0 aliphatic heterocycles. The van der Waals surface area contributed by atoms with Crippen molar-refractivity contribution in [2.24, 2.45) is 0 Å². The lowest BCUT2D eigenvalue weighted by Gasteiger charge is -1.98. The second kappa shape index (κ2) is 4.72. The molecule has 0 aliphatic rings. The van der Waals surface area contributed by atoms with E-state index in [4.69, 9.17) is 0 Å². The van der Waals surface area contributed by atoms with Gasteiger partial charge in [-0.3, -0.25) is 4.98 Å². The van der Waals surface area contributed by atoms with Crippen LogP contribution in [0.3, 0.4) is 0 Å². The molecular weight excluding hydrogens is 222 g/mol. The van der Waals surface area contributed by atoms with E-state index in [-0.39, 0.29) is 0 Å². The van der Waals surface area contributed by atoms with E-state index in [0.717, 1.165) is 16.5 Å². The van der Waals surface area contributed by atoms with Gasteiger partial charge in [-0.25, -0.2) is 4.98 Å². The van der Waals surface area contributed by atoms with E-state index >= 15 is 0 Å². The lowest BCUT2D eigenvalue weighted by atomic mass is 10.1. The number of aromatic nitrogens is 3. The molecule has 0 aliphatic carbocycles. The Kier molecular flexibility index (Phi) is 2.77. The minimum absolute atomic E-state index is 0.649. The molecule has 0 amide bonds. The molecule has 1 aromatic carbocycles. The van der Waals surface area contributed by atoms with Crippen LogP contribution in [0, 0.1) is 11.8 Å². The molecule has 0 fully saturated rings. The minimum atomic E-state index is 0.649. The van der Waals surface area contributed by atoms with Gasteiger partial charge in [-0.1, -0.05) is 24.0 Å². The van der Waals surface area contributed by atoms with E-state index in [1.807, 2.05) is 41.1 Å². The van der Waals surface area contributed by atoms with Gasteiger partial charge in [-0.05, 0) is 18.2 Å². The van der Waals surface area contributed by atoms with Crippen LogP contribution in [0.1, 0.15) is 5.56 Å². The number of hydrogen-bond donors (Lipinski definition) is 0. The largest absolute Gasteiger partial charge is 0.326 e. The first-order valence-electron chi connectivity index (χ1n) is 5.72. The van der Waals surface area contributed by atoms with Gasteiger partial charge in [0.05, 0.1) is 18.4 Å². The molecule has 2 aromatic heterocycles. The fourth-order valence-electron chi connectivity index (χ4n) is 1.82. The van der Waals surface area contributed by atoms with Gasteiger partial charge >= 0.3 is 0 Å². The summed E-state index contributed by atoms with van der Waals surface area (Å²) in [5.41, 5.74) is 1.99. The van der Waals surface area contributed by atoms with Crippen molar-refractivity contribution in [3.8, 4) is 11.8 Å². The summed E-state index contributed by atoms with van der Waals surface area (Å²) in [7, 11) is 0. The average molecular weight is 233 g/mol. The summed E-state index contributed by atoms with van der Waals surface area (Å²) in [5, 5.41) is 1.10. The molecule has 0 atom stereocenters. The van der Waals surface area contributed by atoms with E-state index in [1.54, 1.807) is 18.7 Å². The van der Waals surface area contributed by atoms with Crippen LogP contribution in [0.5, 0.6) is 0 Å². The van der Waals surface area contributed by atoms with E-state index in [1.165, 1.54) is 0 Å². The quantitative estimate of drug-likeness (QED) is 0.604. The normalized spacial score (nSPS) is 10.0. The van der Waals surface area contributed by atoms with Crippen molar-refractivity contribution in [1.82, 2.24) is 14.5 Å². The summed E-state index contributed by atoms with van der Waals surface area (Å²) in [6, 6.07) is 9.98. The highest BCUT2D eigenvalue weighted by atomic mass is 15.0. The molecule has 86 valence electrons. The molecule has 0 saturated heterocycles. The fourth-order valence-corrected chi connectivity index (χ4v) is 1.82. The molecule has 0 N–H and O–H groups in total. The van der Waals surface area contributed by atoms with Crippen molar-refractivity contribution in [3.05, 3.63) is 60.8 Å². The lowest BCUT2D eigenvalue weighted by molar-refractivity contribution is 0.840. The standard InChI is InChI=1S/C15H11N3/c1-4-13(5-3-10-18-11-9-16-12-18)14-6-2-8-17-15(14)7-1/h1-2,4,6-9,11-12H,10H2. The van der Waals surface area contributed by atoms with Crippen LogP contribution in [0.15, 0.2) is 55.2 Å². The van der Waals surface area contributed by atoms with Crippen molar-refractivity contribution < 1.29 is 0 Å². The van der Waals surface area contributed by atoms with Crippen LogP contribution in [0.2, 0.25) is 0 Å². The number of hydrogen-bond acceptors (Lipinski definition) is 2. The summed E-state index contributed by atoms with van der Waals surface area (Å²) in [6.07, 6.45) is 7.22. The summed E-state index contributed by atoms with van der Waals surface area (Å²) in [5.74, 6) is 6.33. The zero-order valence-corrected chi connectivity index (χ0v) is 9.74. The first kappa shape index (κ1) is 10.5. The van der Waals surface area contributed by atoms with Crippen LogP contribution in [-0.4, -0.2) is 14.5 Å². The predicted molar refractivity (Wildman–Crippen MR) is 70.8 cm³/mol. The fraction of sp³-hybridized carbons (Fsp3) is 0.0667. The number of pyridine rings is 1. The summed E-state index contributed by atoms with van der Waals surface area (Å²) < 4.78 is 1.94. The Hall–Kier alpha value is -2.60. The molecule has 18 heavy (non-hydrogen) atoms. The Morgan fingerprint density at radius 2 is 2.11 bits per heavy atom.